The van der Waals surface area contributed by atoms with Gasteiger partial charge in [0.05, 0.1) is 34.0 Å². The summed E-state index contributed by atoms with van der Waals surface area (Å²) in [5.74, 6) is -1.58. The first-order chi connectivity index (χ1) is 16.8. The molecule has 3 heterocycles. The van der Waals surface area contributed by atoms with Crippen molar-refractivity contribution in [3.8, 4) is 5.75 Å². The Morgan fingerprint density at radius 1 is 1.14 bits per heavy atom. The molecule has 1 unspecified atom stereocenters. The molecule has 0 saturated carbocycles. The number of thiazole rings is 1. The lowest BCUT2D eigenvalue weighted by Gasteiger charge is -2.22. The Kier molecular flexibility index (Phi) is 5.96. The highest BCUT2D eigenvalue weighted by atomic mass is 35.5. The zero-order valence-electron chi connectivity index (χ0n) is 18.5. The van der Waals surface area contributed by atoms with E-state index in [1.54, 1.807) is 42.7 Å². The molecule has 1 amide bonds. The maximum absolute atomic E-state index is 13.3. The van der Waals surface area contributed by atoms with Crippen LogP contribution in [-0.4, -0.2) is 33.9 Å². The van der Waals surface area contributed by atoms with Crippen molar-refractivity contribution in [1.82, 2.24) is 9.97 Å². The fourth-order valence-corrected chi connectivity index (χ4v) is 5.48. The molecule has 1 aliphatic heterocycles. The number of methoxy groups -OCH3 is 1. The molecule has 7 nitrogen and oxygen atoms in total. The van der Waals surface area contributed by atoms with E-state index in [0.29, 0.717) is 27.0 Å². The third-order valence-electron chi connectivity index (χ3n) is 5.73. The van der Waals surface area contributed by atoms with Gasteiger partial charge in [-0.05, 0) is 54.4 Å². The van der Waals surface area contributed by atoms with Crippen molar-refractivity contribution in [2.24, 2.45) is 0 Å². The molecule has 1 aliphatic rings. The number of halogens is 2. The van der Waals surface area contributed by atoms with Crippen LogP contribution in [0.25, 0.3) is 16.0 Å². The van der Waals surface area contributed by atoms with Crippen LogP contribution >= 0.6 is 34.5 Å². The summed E-state index contributed by atoms with van der Waals surface area (Å²) in [4.78, 5) is 36.6. The molecule has 0 aliphatic carbocycles. The minimum absolute atomic E-state index is 0.0855. The highest BCUT2D eigenvalue weighted by Crippen LogP contribution is 2.45. The van der Waals surface area contributed by atoms with Crippen LogP contribution in [0.2, 0.25) is 10.0 Å². The molecule has 0 radical (unpaired) electrons. The number of carbonyl (C=O) groups excluding carboxylic acids is 2. The van der Waals surface area contributed by atoms with E-state index in [1.165, 1.54) is 29.4 Å². The maximum Gasteiger partial charge on any atom is 0.301 e. The molecule has 1 atom stereocenters. The lowest BCUT2D eigenvalue weighted by Crippen LogP contribution is -2.29. The molecule has 176 valence electrons. The summed E-state index contributed by atoms with van der Waals surface area (Å²) in [5, 5.41) is 12.3. The van der Waals surface area contributed by atoms with Gasteiger partial charge in [-0.15, -0.1) is 0 Å². The minimum atomic E-state index is -0.943. The van der Waals surface area contributed by atoms with Crippen LogP contribution in [0.1, 0.15) is 22.7 Å². The molecular formula is C25H17Cl2N3O4S. The van der Waals surface area contributed by atoms with Gasteiger partial charge in [-0.25, -0.2) is 4.98 Å². The number of pyridine rings is 1. The monoisotopic (exact) mass is 525 g/mol. The van der Waals surface area contributed by atoms with Crippen LogP contribution < -0.4 is 9.64 Å². The van der Waals surface area contributed by atoms with Gasteiger partial charge in [-0.3, -0.25) is 19.5 Å². The summed E-state index contributed by atoms with van der Waals surface area (Å²) in [7, 11) is 1.47. The molecular weight excluding hydrogens is 509 g/mol. The predicted molar refractivity (Wildman–Crippen MR) is 136 cm³/mol. The smallest absolute Gasteiger partial charge is 0.301 e. The summed E-state index contributed by atoms with van der Waals surface area (Å²) < 4.78 is 5.99. The lowest BCUT2D eigenvalue weighted by molar-refractivity contribution is -0.132. The maximum atomic E-state index is 13.3. The number of rotatable bonds is 4. The molecule has 1 fully saturated rings. The average molecular weight is 526 g/mol. The third kappa shape index (κ3) is 3.93. The van der Waals surface area contributed by atoms with Crippen molar-refractivity contribution >= 4 is 67.3 Å². The topological polar surface area (TPSA) is 92.6 Å². The van der Waals surface area contributed by atoms with Crippen molar-refractivity contribution < 1.29 is 19.4 Å². The second-order valence-electron chi connectivity index (χ2n) is 7.87. The van der Waals surface area contributed by atoms with Gasteiger partial charge in [0.25, 0.3) is 5.78 Å². The standard InChI is InChI=1S/C25H17Cl2N3O4S/c1-12-8-19-17(10-15(12)26)29-25(35-19)30-21(14-4-3-7-28-11-14)20(23(32)24(30)33)22(31)13-5-6-18(34-2)16(27)9-13/h3-11,21,31H,1-2H3/b22-20+. The summed E-state index contributed by atoms with van der Waals surface area (Å²) in [6.07, 6.45) is 3.13. The van der Waals surface area contributed by atoms with Gasteiger partial charge < -0.3 is 9.84 Å². The number of ketones is 1. The van der Waals surface area contributed by atoms with E-state index in [2.05, 4.69) is 9.97 Å². The number of hydrogen-bond donors (Lipinski definition) is 1. The van der Waals surface area contributed by atoms with Crippen LogP contribution in [0.5, 0.6) is 5.75 Å². The van der Waals surface area contributed by atoms with Gasteiger partial charge >= 0.3 is 5.91 Å². The van der Waals surface area contributed by atoms with E-state index in [4.69, 9.17) is 27.9 Å². The Bertz CT molecular complexity index is 1500. The quantitative estimate of drug-likeness (QED) is 0.201. The van der Waals surface area contributed by atoms with Crippen molar-refractivity contribution in [3.05, 3.63) is 87.2 Å². The molecule has 0 spiro atoms. The number of hydrogen-bond acceptors (Lipinski definition) is 7. The summed E-state index contributed by atoms with van der Waals surface area (Å²) in [5.41, 5.74) is 2.21. The number of amides is 1. The van der Waals surface area contributed by atoms with Gasteiger partial charge in [-0.2, -0.15) is 0 Å². The molecule has 1 saturated heterocycles. The number of carbonyl (C=O) groups is 2. The number of aliphatic hydroxyl groups is 1. The van der Waals surface area contributed by atoms with Crippen LogP contribution in [0.15, 0.2) is 60.4 Å². The first-order valence-corrected chi connectivity index (χ1v) is 12.0. The van der Waals surface area contributed by atoms with Gasteiger partial charge in [0.2, 0.25) is 0 Å². The second-order valence-corrected chi connectivity index (χ2v) is 9.69. The average Bonchev–Trinajstić information content (AvgIpc) is 3.37. The van der Waals surface area contributed by atoms with Gasteiger partial charge in [-0.1, -0.05) is 40.6 Å². The zero-order valence-corrected chi connectivity index (χ0v) is 20.8. The molecule has 10 heteroatoms. The molecule has 2 aromatic heterocycles. The van der Waals surface area contributed by atoms with Crippen molar-refractivity contribution in [2.75, 3.05) is 12.0 Å². The van der Waals surface area contributed by atoms with Crippen LogP contribution in [0, 0.1) is 6.92 Å². The fraction of sp³-hybridized carbons (Fsp3) is 0.120. The summed E-state index contributed by atoms with van der Waals surface area (Å²) in [6, 6.07) is 10.7. The third-order valence-corrected chi connectivity index (χ3v) is 7.45. The number of aromatic nitrogens is 2. The summed E-state index contributed by atoms with van der Waals surface area (Å²) in [6.45, 7) is 1.88. The van der Waals surface area contributed by atoms with E-state index in [9.17, 15) is 14.7 Å². The fourth-order valence-electron chi connectivity index (χ4n) is 3.99. The number of aryl methyl sites for hydroxylation is 1. The number of fused-ring (bicyclic) bond motifs is 1. The van der Waals surface area contributed by atoms with Crippen LogP contribution in [0.3, 0.4) is 0 Å². The predicted octanol–water partition coefficient (Wildman–Crippen LogP) is 5.94. The van der Waals surface area contributed by atoms with Gasteiger partial charge in [0, 0.05) is 23.0 Å². The number of aliphatic hydroxyl groups excluding tert-OH is 1. The second kappa shape index (κ2) is 8.96. The number of benzene rings is 2. The Labute approximate surface area is 214 Å². The van der Waals surface area contributed by atoms with Crippen molar-refractivity contribution in [1.29, 1.82) is 0 Å². The zero-order chi connectivity index (χ0) is 24.9. The molecule has 1 N–H and O–H groups in total. The van der Waals surface area contributed by atoms with Crippen molar-refractivity contribution in [2.45, 2.75) is 13.0 Å². The number of nitrogens with zero attached hydrogens (tertiary/aromatic N) is 3. The van der Waals surface area contributed by atoms with Gasteiger partial charge in [0.15, 0.2) is 5.13 Å². The molecule has 4 aromatic rings. The van der Waals surface area contributed by atoms with Gasteiger partial charge in [0.1, 0.15) is 11.5 Å². The van der Waals surface area contributed by atoms with E-state index in [0.717, 1.165) is 10.3 Å². The largest absolute Gasteiger partial charge is 0.507 e. The molecule has 35 heavy (non-hydrogen) atoms. The normalized spacial score (nSPS) is 17.4. The van der Waals surface area contributed by atoms with E-state index >= 15 is 0 Å². The Hall–Kier alpha value is -3.46. The Morgan fingerprint density at radius 3 is 2.63 bits per heavy atom. The van der Waals surface area contributed by atoms with Crippen LogP contribution in [-0.2, 0) is 9.59 Å². The molecule has 2 aromatic carbocycles. The number of ether oxygens (including phenoxy) is 1. The Morgan fingerprint density at radius 2 is 1.94 bits per heavy atom. The van der Waals surface area contributed by atoms with Crippen LogP contribution in [0.4, 0.5) is 5.13 Å². The van der Waals surface area contributed by atoms with E-state index < -0.39 is 17.7 Å². The highest BCUT2D eigenvalue weighted by molar-refractivity contribution is 7.22. The molecule has 0 bridgehead atoms. The lowest BCUT2D eigenvalue weighted by atomic mass is 9.96. The SMILES string of the molecule is COc1ccc(/C(O)=C2\C(=O)C(=O)N(c3nc4cc(Cl)c(C)cc4s3)C2c2cccnc2)cc1Cl. The molecule has 5 rings (SSSR count). The number of anilines is 1. The summed E-state index contributed by atoms with van der Waals surface area (Å²) >= 11 is 13.8. The van der Waals surface area contributed by atoms with Crippen molar-refractivity contribution in [3.63, 3.8) is 0 Å². The first-order valence-electron chi connectivity index (χ1n) is 10.4. The van der Waals surface area contributed by atoms with E-state index in [1.807, 2.05) is 13.0 Å². The minimum Gasteiger partial charge on any atom is -0.507 e. The van der Waals surface area contributed by atoms with E-state index in [-0.39, 0.29) is 21.9 Å². The highest BCUT2D eigenvalue weighted by Gasteiger charge is 2.48. The Balaban J connectivity index is 1.71. The first kappa shape index (κ1) is 23.3. The number of Topliss-reactive ketones (excluding diaryl/α,β-unsaturated/α-hetero) is 1.